The zero-order valence-electron chi connectivity index (χ0n) is 14.5. The number of benzene rings is 1. The predicted octanol–water partition coefficient (Wildman–Crippen LogP) is 1.47. The number of hydrogen-bond donors (Lipinski definition) is 3. The summed E-state index contributed by atoms with van der Waals surface area (Å²) in [5.41, 5.74) is -0.0415. The molecule has 0 aliphatic carbocycles. The number of unbranched alkanes of at least 4 members (excludes halogenated alkanes) is 1. The minimum Gasteiger partial charge on any atom is -0.493 e. The van der Waals surface area contributed by atoms with Crippen LogP contribution in [-0.2, 0) is 6.42 Å². The Bertz CT molecular complexity index is 535. The van der Waals surface area contributed by atoms with E-state index in [1.54, 1.807) is 4.90 Å². The second-order valence-electron chi connectivity index (χ2n) is 6.52. The predicted molar refractivity (Wildman–Crippen MR) is 89.5 cm³/mol. The molecule has 2 rings (SSSR count). The van der Waals surface area contributed by atoms with Gasteiger partial charge in [-0.15, -0.1) is 0 Å². The van der Waals surface area contributed by atoms with Crippen molar-refractivity contribution in [2.75, 3.05) is 26.3 Å². The smallest absolute Gasteiger partial charge is 0.133 e. The number of hydrogen-bond acceptors (Lipinski definition) is 5. The van der Waals surface area contributed by atoms with E-state index >= 15 is 0 Å². The number of nitrogens with zero attached hydrogens (tertiary/aromatic N) is 1. The summed E-state index contributed by atoms with van der Waals surface area (Å²) in [4.78, 5) is 1.75. The first-order valence-corrected chi connectivity index (χ1v) is 8.78. The fourth-order valence-electron chi connectivity index (χ4n) is 3.05. The maximum absolute atomic E-state index is 14.2. The molecule has 1 heterocycles. The van der Waals surface area contributed by atoms with E-state index in [1.165, 1.54) is 12.1 Å². The number of β-amino-alcohol motifs (C(OH)–C–C–N with tert-alkyl or cyclic N) is 1. The van der Waals surface area contributed by atoms with Crippen LogP contribution in [0.4, 0.5) is 8.78 Å². The molecule has 0 spiro atoms. The van der Waals surface area contributed by atoms with Crippen molar-refractivity contribution in [2.24, 2.45) is 0 Å². The van der Waals surface area contributed by atoms with Crippen LogP contribution < -0.4 is 4.74 Å². The summed E-state index contributed by atoms with van der Waals surface area (Å²) in [6, 6.07) is 2.04. The number of ether oxygens (including phenoxy) is 1. The lowest BCUT2D eigenvalue weighted by Crippen LogP contribution is -2.54. The summed E-state index contributed by atoms with van der Waals surface area (Å²) in [5.74, 6) is -1.15. The monoisotopic (exact) mass is 359 g/mol. The molecule has 3 atom stereocenters. The normalized spacial score (nSPS) is 24.5. The molecular formula is C18H27F2NO4. The summed E-state index contributed by atoms with van der Waals surface area (Å²) in [7, 11) is 0. The molecule has 1 unspecified atom stereocenters. The summed E-state index contributed by atoms with van der Waals surface area (Å²) in [5, 5.41) is 28.8. The van der Waals surface area contributed by atoms with Crippen molar-refractivity contribution in [3.05, 3.63) is 29.3 Å². The molecule has 25 heavy (non-hydrogen) atoms. The number of rotatable bonds is 8. The molecule has 1 aliphatic heterocycles. The Balaban J connectivity index is 2.00. The van der Waals surface area contributed by atoms with Crippen molar-refractivity contribution >= 4 is 0 Å². The topological polar surface area (TPSA) is 73.2 Å². The number of aliphatic hydroxyl groups is 3. The first-order chi connectivity index (χ1) is 12.0. The third-order valence-electron chi connectivity index (χ3n) is 4.64. The van der Waals surface area contributed by atoms with Crippen LogP contribution in [0, 0.1) is 11.6 Å². The third kappa shape index (κ3) is 5.34. The molecule has 142 valence electrons. The van der Waals surface area contributed by atoms with Gasteiger partial charge in [0.05, 0.1) is 25.4 Å². The van der Waals surface area contributed by atoms with Crippen LogP contribution in [0.1, 0.15) is 31.7 Å². The van der Waals surface area contributed by atoms with Gasteiger partial charge in [-0.3, -0.25) is 4.90 Å². The second-order valence-corrected chi connectivity index (χ2v) is 6.52. The van der Waals surface area contributed by atoms with E-state index in [2.05, 4.69) is 0 Å². The fraction of sp³-hybridized carbons (Fsp3) is 0.667. The highest BCUT2D eigenvalue weighted by molar-refractivity contribution is 5.31. The van der Waals surface area contributed by atoms with Gasteiger partial charge < -0.3 is 20.1 Å². The summed E-state index contributed by atoms with van der Waals surface area (Å²) >= 11 is 0. The molecule has 1 aliphatic rings. The van der Waals surface area contributed by atoms with Crippen LogP contribution in [0.2, 0.25) is 0 Å². The third-order valence-corrected chi connectivity index (χ3v) is 4.64. The highest BCUT2D eigenvalue weighted by Gasteiger charge is 2.33. The average molecular weight is 359 g/mol. The van der Waals surface area contributed by atoms with E-state index in [4.69, 9.17) is 4.74 Å². The van der Waals surface area contributed by atoms with Gasteiger partial charge in [-0.05, 0) is 19.3 Å². The van der Waals surface area contributed by atoms with E-state index in [-0.39, 0.29) is 49.9 Å². The lowest BCUT2D eigenvalue weighted by atomic mass is 9.97. The summed E-state index contributed by atoms with van der Waals surface area (Å²) < 4.78 is 33.8. The van der Waals surface area contributed by atoms with Gasteiger partial charge in [-0.1, -0.05) is 13.3 Å². The molecule has 5 nitrogen and oxygen atoms in total. The van der Waals surface area contributed by atoms with Gasteiger partial charge in [0.15, 0.2) is 0 Å². The lowest BCUT2D eigenvalue weighted by Gasteiger charge is -2.39. The van der Waals surface area contributed by atoms with E-state index in [1.807, 2.05) is 6.92 Å². The fourth-order valence-corrected chi connectivity index (χ4v) is 3.05. The van der Waals surface area contributed by atoms with Gasteiger partial charge in [-0.2, -0.15) is 0 Å². The van der Waals surface area contributed by atoms with Crippen LogP contribution in [0.15, 0.2) is 12.1 Å². The van der Waals surface area contributed by atoms with E-state index < -0.39 is 23.8 Å². The van der Waals surface area contributed by atoms with Gasteiger partial charge in [0.1, 0.15) is 17.4 Å². The molecule has 1 fully saturated rings. The quantitative estimate of drug-likeness (QED) is 0.613. The average Bonchev–Trinajstić information content (AvgIpc) is 2.57. The molecule has 1 saturated heterocycles. The highest BCUT2D eigenvalue weighted by Crippen LogP contribution is 2.23. The first-order valence-electron chi connectivity index (χ1n) is 8.78. The number of likely N-dealkylation sites (tertiary alicyclic amines) is 1. The van der Waals surface area contributed by atoms with Gasteiger partial charge in [-0.25, -0.2) is 8.78 Å². The highest BCUT2D eigenvalue weighted by atomic mass is 19.1. The van der Waals surface area contributed by atoms with Crippen molar-refractivity contribution < 1.29 is 28.8 Å². The maximum Gasteiger partial charge on any atom is 0.133 e. The number of halogens is 2. The number of piperidine rings is 1. The van der Waals surface area contributed by atoms with Crippen molar-refractivity contribution in [3.63, 3.8) is 0 Å². The van der Waals surface area contributed by atoms with Crippen LogP contribution in [0.3, 0.4) is 0 Å². The van der Waals surface area contributed by atoms with Crippen molar-refractivity contribution in [3.8, 4) is 5.75 Å². The number of aliphatic hydroxyl groups excluding tert-OH is 3. The maximum atomic E-state index is 14.2. The van der Waals surface area contributed by atoms with Crippen molar-refractivity contribution in [2.45, 2.75) is 50.9 Å². The van der Waals surface area contributed by atoms with Crippen molar-refractivity contribution in [1.29, 1.82) is 0 Å². The summed E-state index contributed by atoms with van der Waals surface area (Å²) in [6.07, 6.45) is 0.273. The molecule has 1 aromatic rings. The molecule has 0 amide bonds. The second kappa shape index (κ2) is 9.43. The Morgan fingerprint density at radius 3 is 2.48 bits per heavy atom. The van der Waals surface area contributed by atoms with Crippen LogP contribution in [0.5, 0.6) is 5.75 Å². The molecule has 3 N–H and O–H groups in total. The Morgan fingerprint density at radius 1 is 1.20 bits per heavy atom. The Labute approximate surface area is 146 Å². The Kier molecular flexibility index (Phi) is 7.56. The van der Waals surface area contributed by atoms with Crippen LogP contribution in [-0.4, -0.2) is 64.8 Å². The molecule has 1 aromatic carbocycles. The minimum absolute atomic E-state index is 0.0415. The van der Waals surface area contributed by atoms with Crippen molar-refractivity contribution in [1.82, 2.24) is 4.90 Å². The van der Waals surface area contributed by atoms with Gasteiger partial charge in [0.2, 0.25) is 0 Å². The van der Waals surface area contributed by atoms with Gasteiger partial charge >= 0.3 is 0 Å². The standard InChI is InChI=1S/C18H27F2NO4/c1-2-3-6-25-13-8-15(19)14(16(20)9-13)4-5-21-10-18(24)17(23)7-12(21)11-22/h8-9,12,17-18,22-24H,2-7,10-11H2,1H3/t12-,17?,18+/m1/s1. The molecule has 0 aromatic heterocycles. The lowest BCUT2D eigenvalue weighted by molar-refractivity contribution is -0.0704. The Hall–Kier alpha value is -1.28. The molecule has 0 radical (unpaired) electrons. The first kappa shape index (κ1) is 20.0. The van der Waals surface area contributed by atoms with Gasteiger partial charge in [0.25, 0.3) is 0 Å². The van der Waals surface area contributed by atoms with E-state index in [9.17, 15) is 24.1 Å². The zero-order valence-corrected chi connectivity index (χ0v) is 14.5. The van der Waals surface area contributed by atoms with Crippen LogP contribution >= 0.6 is 0 Å². The Morgan fingerprint density at radius 2 is 1.88 bits per heavy atom. The van der Waals surface area contributed by atoms with E-state index in [0.29, 0.717) is 6.61 Å². The minimum atomic E-state index is -0.924. The molecular weight excluding hydrogens is 332 g/mol. The zero-order chi connectivity index (χ0) is 18.4. The van der Waals surface area contributed by atoms with Gasteiger partial charge in [0, 0.05) is 36.8 Å². The van der Waals surface area contributed by atoms with Crippen LogP contribution in [0.25, 0.3) is 0 Å². The SMILES string of the molecule is CCCCOc1cc(F)c(CCN2C[C@H](O)C(O)C[C@@H]2CO)c(F)c1. The van der Waals surface area contributed by atoms with E-state index in [0.717, 1.165) is 12.8 Å². The largest absolute Gasteiger partial charge is 0.493 e. The summed E-state index contributed by atoms with van der Waals surface area (Å²) in [6.45, 7) is 2.68. The molecule has 7 heteroatoms. The molecule has 0 saturated carbocycles. The molecule has 0 bridgehead atoms.